The third-order valence-corrected chi connectivity index (χ3v) is 2.98. The third-order valence-electron chi connectivity index (χ3n) is 2.98. The fourth-order valence-electron chi connectivity index (χ4n) is 1.98. The number of rotatable bonds is 8. The largest absolute Gasteiger partial charge is 0.462 e. The summed E-state index contributed by atoms with van der Waals surface area (Å²) in [6.45, 7) is 10.5. The molecule has 0 heterocycles. The van der Waals surface area contributed by atoms with E-state index in [1.54, 1.807) is 0 Å². The predicted octanol–water partition coefficient (Wildman–Crippen LogP) is 3.57. The van der Waals surface area contributed by atoms with Crippen LogP contribution in [0.4, 0.5) is 0 Å². The summed E-state index contributed by atoms with van der Waals surface area (Å²) in [4.78, 5) is 11.0. The van der Waals surface area contributed by atoms with E-state index >= 15 is 0 Å². The van der Waals surface area contributed by atoms with Crippen LogP contribution < -0.4 is 0 Å². The second-order valence-corrected chi connectivity index (χ2v) is 3.96. The first-order valence-electron chi connectivity index (χ1n) is 5.98. The lowest BCUT2D eigenvalue weighted by Crippen LogP contribution is -2.20. The van der Waals surface area contributed by atoms with Crippen LogP contribution in [0.15, 0.2) is 12.7 Å². The van der Waals surface area contributed by atoms with Crippen molar-refractivity contribution >= 4 is 5.97 Å². The SMILES string of the molecule is C=CC(=O)OCC(CC)C(CC)CCC. The van der Waals surface area contributed by atoms with Gasteiger partial charge in [-0.15, -0.1) is 0 Å². The molecule has 0 aliphatic rings. The summed E-state index contributed by atoms with van der Waals surface area (Å²) in [5.74, 6) is 0.872. The van der Waals surface area contributed by atoms with Crippen molar-refractivity contribution in [2.24, 2.45) is 11.8 Å². The summed E-state index contributed by atoms with van der Waals surface area (Å²) in [6, 6.07) is 0. The minimum atomic E-state index is -0.306. The fourth-order valence-corrected chi connectivity index (χ4v) is 1.98. The molecule has 0 rings (SSSR count). The zero-order valence-electron chi connectivity index (χ0n) is 10.3. The highest BCUT2D eigenvalue weighted by atomic mass is 16.5. The van der Waals surface area contributed by atoms with Crippen molar-refractivity contribution in [2.75, 3.05) is 6.61 Å². The van der Waals surface area contributed by atoms with Crippen molar-refractivity contribution in [3.63, 3.8) is 0 Å². The second-order valence-electron chi connectivity index (χ2n) is 3.96. The molecule has 2 unspecified atom stereocenters. The van der Waals surface area contributed by atoms with E-state index < -0.39 is 0 Å². The molecule has 2 atom stereocenters. The highest BCUT2D eigenvalue weighted by molar-refractivity contribution is 5.81. The minimum absolute atomic E-state index is 0.306. The van der Waals surface area contributed by atoms with Crippen molar-refractivity contribution < 1.29 is 9.53 Å². The molecule has 0 radical (unpaired) electrons. The van der Waals surface area contributed by atoms with Crippen LogP contribution in [0.2, 0.25) is 0 Å². The highest BCUT2D eigenvalue weighted by Gasteiger charge is 2.18. The lowest BCUT2D eigenvalue weighted by molar-refractivity contribution is -0.139. The molecule has 0 fully saturated rings. The van der Waals surface area contributed by atoms with E-state index in [1.165, 1.54) is 18.9 Å². The number of carbonyl (C=O) groups is 1. The average molecular weight is 212 g/mol. The van der Waals surface area contributed by atoms with E-state index in [1.807, 2.05) is 0 Å². The lowest BCUT2D eigenvalue weighted by atomic mass is 9.85. The van der Waals surface area contributed by atoms with Gasteiger partial charge in [0.05, 0.1) is 6.61 Å². The maximum atomic E-state index is 11.0. The first kappa shape index (κ1) is 14.2. The van der Waals surface area contributed by atoms with Crippen molar-refractivity contribution in [1.82, 2.24) is 0 Å². The van der Waals surface area contributed by atoms with Crippen LogP contribution in [-0.4, -0.2) is 12.6 Å². The van der Waals surface area contributed by atoms with Crippen LogP contribution in [0.25, 0.3) is 0 Å². The monoisotopic (exact) mass is 212 g/mol. The number of hydrogen-bond donors (Lipinski definition) is 0. The summed E-state index contributed by atoms with van der Waals surface area (Å²) in [5, 5.41) is 0. The van der Waals surface area contributed by atoms with Crippen LogP contribution in [0.1, 0.15) is 46.5 Å². The van der Waals surface area contributed by atoms with Crippen LogP contribution in [-0.2, 0) is 9.53 Å². The average Bonchev–Trinajstić information content (AvgIpc) is 2.27. The highest BCUT2D eigenvalue weighted by Crippen LogP contribution is 2.24. The quantitative estimate of drug-likeness (QED) is 0.454. The Morgan fingerprint density at radius 3 is 2.27 bits per heavy atom. The van der Waals surface area contributed by atoms with Gasteiger partial charge in [-0.1, -0.05) is 46.6 Å². The summed E-state index contributed by atoms with van der Waals surface area (Å²) < 4.78 is 5.12. The predicted molar refractivity (Wildman–Crippen MR) is 63.6 cm³/mol. The van der Waals surface area contributed by atoms with Crippen LogP contribution in [0, 0.1) is 11.8 Å². The first-order chi connectivity index (χ1) is 7.19. The van der Waals surface area contributed by atoms with Gasteiger partial charge in [0.2, 0.25) is 0 Å². The van der Waals surface area contributed by atoms with E-state index in [0.717, 1.165) is 12.8 Å². The van der Waals surface area contributed by atoms with Gasteiger partial charge in [0.1, 0.15) is 0 Å². The van der Waals surface area contributed by atoms with E-state index in [0.29, 0.717) is 18.4 Å². The van der Waals surface area contributed by atoms with Gasteiger partial charge in [0.25, 0.3) is 0 Å². The number of hydrogen-bond acceptors (Lipinski definition) is 2. The van der Waals surface area contributed by atoms with Crippen LogP contribution >= 0.6 is 0 Å². The molecule has 0 spiro atoms. The smallest absolute Gasteiger partial charge is 0.330 e. The summed E-state index contributed by atoms with van der Waals surface area (Å²) in [7, 11) is 0. The molecule has 0 saturated heterocycles. The molecule has 0 aromatic rings. The molecule has 0 amide bonds. The minimum Gasteiger partial charge on any atom is -0.462 e. The summed E-state index contributed by atoms with van der Waals surface area (Å²) in [6.07, 6.45) is 5.89. The zero-order valence-corrected chi connectivity index (χ0v) is 10.3. The Kier molecular flexibility index (Phi) is 8.06. The number of carbonyl (C=O) groups excluding carboxylic acids is 1. The van der Waals surface area contributed by atoms with Crippen LogP contribution in [0.5, 0.6) is 0 Å². The maximum absolute atomic E-state index is 11.0. The molecule has 0 aromatic carbocycles. The molecule has 0 aliphatic carbocycles. The molecular formula is C13H24O2. The Morgan fingerprint density at radius 2 is 1.87 bits per heavy atom. The van der Waals surface area contributed by atoms with Gasteiger partial charge in [-0.3, -0.25) is 0 Å². The Hall–Kier alpha value is -0.790. The normalized spacial score (nSPS) is 14.3. The number of esters is 1. The van der Waals surface area contributed by atoms with Gasteiger partial charge >= 0.3 is 5.97 Å². The van der Waals surface area contributed by atoms with E-state index in [2.05, 4.69) is 27.4 Å². The molecule has 0 aromatic heterocycles. The van der Waals surface area contributed by atoms with Gasteiger partial charge in [0, 0.05) is 6.08 Å². The lowest BCUT2D eigenvalue weighted by Gasteiger charge is -2.24. The topological polar surface area (TPSA) is 26.3 Å². The Labute approximate surface area is 93.7 Å². The van der Waals surface area contributed by atoms with Gasteiger partial charge in [0.15, 0.2) is 0 Å². The third kappa shape index (κ3) is 5.60. The van der Waals surface area contributed by atoms with Crippen molar-refractivity contribution in [3.8, 4) is 0 Å². The Bertz CT molecular complexity index is 187. The van der Waals surface area contributed by atoms with Gasteiger partial charge in [-0.05, 0) is 18.3 Å². The molecule has 88 valence electrons. The van der Waals surface area contributed by atoms with Crippen molar-refractivity contribution in [2.45, 2.75) is 46.5 Å². The van der Waals surface area contributed by atoms with E-state index in [9.17, 15) is 4.79 Å². The maximum Gasteiger partial charge on any atom is 0.330 e. The molecule has 0 saturated carbocycles. The second kappa shape index (κ2) is 8.51. The van der Waals surface area contributed by atoms with Gasteiger partial charge in [-0.25, -0.2) is 4.79 Å². The molecule has 0 N–H and O–H groups in total. The zero-order chi connectivity index (χ0) is 11.7. The van der Waals surface area contributed by atoms with E-state index in [4.69, 9.17) is 4.74 Å². The summed E-state index contributed by atoms with van der Waals surface area (Å²) in [5.41, 5.74) is 0. The molecule has 0 aliphatic heterocycles. The van der Waals surface area contributed by atoms with Crippen molar-refractivity contribution in [3.05, 3.63) is 12.7 Å². The standard InChI is InChI=1S/C13H24O2/c1-5-9-11(6-2)12(7-3)10-15-13(14)8-4/h8,11-12H,4-7,9-10H2,1-3H3. The van der Waals surface area contributed by atoms with Crippen molar-refractivity contribution in [1.29, 1.82) is 0 Å². The molecule has 2 heteroatoms. The van der Waals surface area contributed by atoms with E-state index in [-0.39, 0.29) is 5.97 Å². The number of ether oxygens (including phenoxy) is 1. The summed E-state index contributed by atoms with van der Waals surface area (Å²) >= 11 is 0. The van der Waals surface area contributed by atoms with Gasteiger partial charge in [-0.2, -0.15) is 0 Å². The van der Waals surface area contributed by atoms with Crippen LogP contribution in [0.3, 0.4) is 0 Å². The molecular weight excluding hydrogens is 188 g/mol. The fraction of sp³-hybridized carbons (Fsp3) is 0.769. The Morgan fingerprint density at radius 1 is 1.27 bits per heavy atom. The molecule has 0 bridgehead atoms. The Balaban J connectivity index is 4.08. The first-order valence-corrected chi connectivity index (χ1v) is 5.98. The molecule has 15 heavy (non-hydrogen) atoms. The molecule has 2 nitrogen and oxygen atoms in total. The van der Waals surface area contributed by atoms with Gasteiger partial charge < -0.3 is 4.74 Å².